The number of amides is 1. The first-order chi connectivity index (χ1) is 16.5. The number of hydrogen-bond acceptors (Lipinski definition) is 4. The van der Waals surface area contributed by atoms with Gasteiger partial charge in [0.2, 0.25) is 0 Å². The molecule has 1 aliphatic rings. The number of carbonyl (C=O) groups excluding carboxylic acids is 1. The van der Waals surface area contributed by atoms with Crippen LogP contribution < -0.4 is 4.74 Å². The average Bonchev–Trinajstić information content (AvgIpc) is 3.18. The Kier molecular flexibility index (Phi) is 6.87. The van der Waals surface area contributed by atoms with Gasteiger partial charge in [0.25, 0.3) is 0 Å². The van der Waals surface area contributed by atoms with Crippen molar-refractivity contribution in [3.63, 3.8) is 0 Å². The van der Waals surface area contributed by atoms with Gasteiger partial charge < -0.3 is 14.6 Å². The lowest BCUT2D eigenvalue weighted by Crippen LogP contribution is -2.37. The maximum atomic E-state index is 13.1. The summed E-state index contributed by atoms with van der Waals surface area (Å²) in [5.74, 6) is -0.493. The number of benzene rings is 3. The third-order valence-electron chi connectivity index (χ3n) is 6.35. The van der Waals surface area contributed by atoms with Gasteiger partial charge in [0.05, 0.1) is 19.2 Å². The van der Waals surface area contributed by atoms with Gasteiger partial charge in [-0.1, -0.05) is 74.0 Å². The number of nitrogens with zero attached hydrogens (tertiary/aromatic N) is 1. The molecule has 0 aliphatic heterocycles. The van der Waals surface area contributed by atoms with Crippen molar-refractivity contribution in [3.8, 4) is 16.9 Å². The highest BCUT2D eigenvalue weighted by molar-refractivity contribution is 5.81. The van der Waals surface area contributed by atoms with Gasteiger partial charge in [0, 0.05) is 0 Å². The van der Waals surface area contributed by atoms with E-state index in [1.165, 1.54) is 7.11 Å². The Morgan fingerprint density at radius 2 is 1.50 bits per heavy atom. The van der Waals surface area contributed by atoms with Gasteiger partial charge in [-0.05, 0) is 53.3 Å². The van der Waals surface area contributed by atoms with E-state index in [2.05, 4.69) is 24.3 Å². The first-order valence-electron chi connectivity index (χ1n) is 11.5. The number of aliphatic carboxylic acids is 1. The fourth-order valence-electron chi connectivity index (χ4n) is 4.67. The monoisotopic (exact) mass is 459 g/mol. The maximum absolute atomic E-state index is 13.1. The lowest BCUT2D eigenvalue weighted by Gasteiger charge is -2.35. The topological polar surface area (TPSA) is 76.1 Å². The van der Waals surface area contributed by atoms with Crippen molar-refractivity contribution >= 4 is 12.1 Å². The van der Waals surface area contributed by atoms with Gasteiger partial charge in [-0.2, -0.15) is 0 Å². The molecule has 0 bridgehead atoms. The van der Waals surface area contributed by atoms with Gasteiger partial charge >= 0.3 is 12.1 Å². The van der Waals surface area contributed by atoms with Gasteiger partial charge in [0.15, 0.2) is 6.10 Å². The normalized spacial score (nSPS) is 14.0. The molecule has 1 amide bonds. The number of hydrogen-bond donors (Lipinski definition) is 1. The van der Waals surface area contributed by atoms with Crippen molar-refractivity contribution in [1.29, 1.82) is 0 Å². The minimum Gasteiger partial charge on any atom is -0.479 e. The lowest BCUT2D eigenvalue weighted by atomic mass is 9.99. The average molecular weight is 460 g/mol. The molecule has 1 aliphatic carbocycles. The largest absolute Gasteiger partial charge is 0.479 e. The second kappa shape index (κ2) is 10.00. The number of methoxy groups -OCH3 is 1. The van der Waals surface area contributed by atoms with E-state index in [0.717, 1.165) is 27.8 Å². The fraction of sp³-hybridized carbons (Fsp3) is 0.286. The highest BCUT2D eigenvalue weighted by Gasteiger charge is 2.38. The second-order valence-electron chi connectivity index (χ2n) is 8.43. The van der Waals surface area contributed by atoms with E-state index >= 15 is 0 Å². The second-order valence-corrected chi connectivity index (χ2v) is 8.43. The molecule has 6 nitrogen and oxygen atoms in total. The van der Waals surface area contributed by atoms with Crippen LogP contribution in [0, 0.1) is 0 Å². The van der Waals surface area contributed by atoms with E-state index < -0.39 is 18.2 Å². The molecule has 0 spiro atoms. The van der Waals surface area contributed by atoms with Gasteiger partial charge in [0.1, 0.15) is 5.75 Å². The number of rotatable bonds is 8. The summed E-state index contributed by atoms with van der Waals surface area (Å²) in [5, 5.41) is 9.37. The summed E-state index contributed by atoms with van der Waals surface area (Å²) in [7, 11) is 1.39. The van der Waals surface area contributed by atoms with E-state index in [9.17, 15) is 14.7 Å². The standard InChI is InChI=1S/C28H29NO5/c1-4-9-25(27(30)31)34-20-16-14-19(15-17-20)18(2)29(28(32)33-3)26-23-12-7-5-10-21(23)22-11-6-8-13-24(22)26/h5-8,10-18,25-26H,4,9H2,1-3H3,(H,30,31). The Morgan fingerprint density at radius 3 is 2.00 bits per heavy atom. The molecule has 0 aromatic heterocycles. The quantitative estimate of drug-likeness (QED) is 0.433. The minimum absolute atomic E-state index is 0.285. The molecule has 6 heteroatoms. The first kappa shape index (κ1) is 23.4. The molecule has 4 rings (SSSR count). The summed E-state index contributed by atoms with van der Waals surface area (Å²) < 4.78 is 10.9. The molecule has 0 radical (unpaired) electrons. The van der Waals surface area contributed by atoms with E-state index in [1.807, 2.05) is 50.2 Å². The smallest absolute Gasteiger partial charge is 0.410 e. The summed E-state index contributed by atoms with van der Waals surface area (Å²) in [6.07, 6.45) is -0.154. The van der Waals surface area contributed by atoms with Crippen molar-refractivity contribution < 1.29 is 24.2 Å². The lowest BCUT2D eigenvalue weighted by molar-refractivity contribution is -0.145. The zero-order valence-corrected chi connectivity index (χ0v) is 19.6. The SMILES string of the molecule is CCCC(Oc1ccc(C(C)N(C(=O)OC)C2c3ccccc3-c3ccccc32)cc1)C(=O)O. The van der Waals surface area contributed by atoms with Crippen molar-refractivity contribution in [2.75, 3.05) is 7.11 Å². The highest BCUT2D eigenvalue weighted by Crippen LogP contribution is 2.48. The highest BCUT2D eigenvalue weighted by atomic mass is 16.5. The Hall–Kier alpha value is -3.80. The molecular formula is C28H29NO5. The van der Waals surface area contributed by atoms with Gasteiger partial charge in [-0.3, -0.25) is 4.90 Å². The van der Waals surface area contributed by atoms with Gasteiger partial charge in [-0.15, -0.1) is 0 Å². The van der Waals surface area contributed by atoms with Crippen molar-refractivity contribution in [1.82, 2.24) is 4.90 Å². The zero-order chi connectivity index (χ0) is 24.2. The predicted octanol–water partition coefficient (Wildman–Crippen LogP) is 6.22. The molecule has 0 fully saturated rings. The molecule has 2 unspecified atom stereocenters. The van der Waals surface area contributed by atoms with Crippen LogP contribution in [0.1, 0.15) is 55.5 Å². The summed E-state index contributed by atoms with van der Waals surface area (Å²) in [4.78, 5) is 26.3. The van der Waals surface area contributed by atoms with Crippen LogP contribution in [0.2, 0.25) is 0 Å². The number of fused-ring (bicyclic) bond motifs is 3. The molecule has 1 N–H and O–H groups in total. The number of ether oxygens (including phenoxy) is 2. The van der Waals surface area contributed by atoms with Gasteiger partial charge in [-0.25, -0.2) is 9.59 Å². The van der Waals surface area contributed by atoms with Crippen LogP contribution in [0.15, 0.2) is 72.8 Å². The van der Waals surface area contributed by atoms with Crippen molar-refractivity contribution in [2.45, 2.75) is 44.9 Å². The molecule has 2 atom stereocenters. The summed E-state index contributed by atoms with van der Waals surface area (Å²) >= 11 is 0. The Balaban J connectivity index is 1.67. The summed E-state index contributed by atoms with van der Waals surface area (Å²) in [6, 6.07) is 22.9. The third kappa shape index (κ3) is 4.36. The van der Waals surface area contributed by atoms with Crippen LogP contribution in [0.4, 0.5) is 4.79 Å². The van der Waals surface area contributed by atoms with E-state index in [-0.39, 0.29) is 12.1 Å². The number of carboxylic acid groups (broad SMARTS) is 1. The molecule has 34 heavy (non-hydrogen) atoms. The van der Waals surface area contributed by atoms with Crippen LogP contribution in [0.5, 0.6) is 5.75 Å². The molecular weight excluding hydrogens is 430 g/mol. The first-order valence-corrected chi connectivity index (χ1v) is 11.5. The Morgan fingerprint density at radius 1 is 0.941 bits per heavy atom. The summed E-state index contributed by atoms with van der Waals surface area (Å²) in [5.41, 5.74) is 5.24. The molecule has 0 heterocycles. The predicted molar refractivity (Wildman–Crippen MR) is 130 cm³/mol. The van der Waals surface area contributed by atoms with Crippen LogP contribution in [0.3, 0.4) is 0 Å². The summed E-state index contributed by atoms with van der Waals surface area (Å²) in [6.45, 7) is 3.89. The zero-order valence-electron chi connectivity index (χ0n) is 19.6. The van der Waals surface area contributed by atoms with Crippen LogP contribution in [0.25, 0.3) is 11.1 Å². The van der Waals surface area contributed by atoms with Crippen LogP contribution in [-0.2, 0) is 9.53 Å². The minimum atomic E-state index is -0.977. The van der Waals surface area contributed by atoms with E-state index in [0.29, 0.717) is 18.6 Å². The maximum Gasteiger partial charge on any atom is 0.410 e. The molecule has 0 saturated carbocycles. The van der Waals surface area contributed by atoms with Crippen molar-refractivity contribution in [2.24, 2.45) is 0 Å². The van der Waals surface area contributed by atoms with Crippen LogP contribution in [-0.4, -0.2) is 35.3 Å². The van der Waals surface area contributed by atoms with E-state index in [4.69, 9.17) is 9.47 Å². The van der Waals surface area contributed by atoms with E-state index in [1.54, 1.807) is 17.0 Å². The Bertz CT molecular complexity index is 1130. The van der Waals surface area contributed by atoms with Crippen LogP contribution >= 0.6 is 0 Å². The molecule has 3 aromatic rings. The fourth-order valence-corrected chi connectivity index (χ4v) is 4.67. The molecule has 176 valence electrons. The number of carboxylic acids is 1. The molecule has 3 aromatic carbocycles. The number of carbonyl (C=O) groups is 2. The Labute approximate surface area is 199 Å². The molecule has 0 saturated heterocycles. The van der Waals surface area contributed by atoms with Crippen molar-refractivity contribution in [3.05, 3.63) is 89.5 Å². The third-order valence-corrected chi connectivity index (χ3v) is 6.35.